The Labute approximate surface area is 306 Å². The average molecular weight is 721 g/mol. The van der Waals surface area contributed by atoms with E-state index in [2.05, 4.69) is 14.9 Å². The van der Waals surface area contributed by atoms with Crippen molar-refractivity contribution in [2.24, 2.45) is 7.05 Å². The number of hydrogen-bond donors (Lipinski definition) is 1. The molecule has 1 amide bonds. The van der Waals surface area contributed by atoms with Crippen molar-refractivity contribution in [2.75, 3.05) is 46.9 Å². The van der Waals surface area contributed by atoms with E-state index in [0.717, 1.165) is 85.3 Å². The lowest BCUT2D eigenvalue weighted by Crippen LogP contribution is -2.44. The molecule has 1 N–H and O–H groups in total. The first-order valence-electron chi connectivity index (χ1n) is 18.0. The van der Waals surface area contributed by atoms with Gasteiger partial charge in [0.15, 0.2) is 0 Å². The highest BCUT2D eigenvalue weighted by Crippen LogP contribution is 2.37. The van der Waals surface area contributed by atoms with Crippen LogP contribution in [0.4, 0.5) is 0 Å². The Morgan fingerprint density at radius 3 is 2.26 bits per heavy atom. The number of carbonyl (C=O) groups is 1. The van der Waals surface area contributed by atoms with Gasteiger partial charge in [0, 0.05) is 87.3 Å². The summed E-state index contributed by atoms with van der Waals surface area (Å²) in [6, 6.07) is 14.1. The zero-order valence-corrected chi connectivity index (χ0v) is 30.2. The molecule has 2 aliphatic rings. The summed E-state index contributed by atoms with van der Waals surface area (Å²) in [5.74, 6) is 1.41. The van der Waals surface area contributed by atoms with Gasteiger partial charge in [-0.1, -0.05) is 6.07 Å². The average Bonchev–Trinajstić information content (AvgIpc) is 3.18. The maximum atomic E-state index is 13.4. The van der Waals surface area contributed by atoms with Gasteiger partial charge in [-0.25, -0.2) is 4.79 Å². The molecule has 0 atom stereocenters. The van der Waals surface area contributed by atoms with Crippen LogP contribution in [-0.4, -0.2) is 94.0 Å². The molecular weight excluding hydrogens is 676 g/mol. The van der Waals surface area contributed by atoms with Crippen molar-refractivity contribution in [2.45, 2.75) is 44.3 Å². The number of nitrogens with zero attached hydrogens (tertiary/aromatic N) is 5. The molecule has 2 aromatic carbocycles. The van der Waals surface area contributed by atoms with Gasteiger partial charge in [-0.05, 0) is 79.5 Å². The second-order valence-corrected chi connectivity index (χ2v) is 13.7. The van der Waals surface area contributed by atoms with Crippen molar-refractivity contribution in [3.05, 3.63) is 116 Å². The van der Waals surface area contributed by atoms with Gasteiger partial charge in [0.1, 0.15) is 11.5 Å². The van der Waals surface area contributed by atoms with Crippen molar-refractivity contribution >= 4 is 16.7 Å². The molecule has 2 saturated heterocycles. The third-order valence-corrected chi connectivity index (χ3v) is 10.4. The highest BCUT2D eigenvalue weighted by Gasteiger charge is 2.28. The number of hydrogen-bond acceptors (Lipinski definition) is 9. The summed E-state index contributed by atoms with van der Waals surface area (Å²) in [5.41, 5.74) is 2.70. The second kappa shape index (κ2) is 15.6. The number of fused-ring (bicyclic) bond motifs is 1. The van der Waals surface area contributed by atoms with E-state index in [-0.39, 0.29) is 23.7 Å². The number of H-pyrrole nitrogens is 1. The number of rotatable bonds is 10. The molecule has 0 aliphatic carbocycles. The Bertz CT molecular complexity index is 2270. The van der Waals surface area contributed by atoms with E-state index >= 15 is 0 Å². The van der Waals surface area contributed by atoms with Crippen LogP contribution in [0.25, 0.3) is 27.6 Å². The van der Waals surface area contributed by atoms with Gasteiger partial charge in [-0.15, -0.1) is 0 Å². The lowest BCUT2D eigenvalue weighted by molar-refractivity contribution is -0.0620. The largest absolute Gasteiger partial charge is 0.496 e. The normalized spacial score (nSPS) is 15.9. The minimum atomic E-state index is -0.552. The number of benzene rings is 2. The molecule has 2 fully saturated rings. The number of amides is 1. The zero-order chi connectivity index (χ0) is 37.1. The third kappa shape index (κ3) is 7.67. The zero-order valence-electron chi connectivity index (χ0n) is 30.2. The maximum Gasteiger partial charge on any atom is 0.332 e. The fourth-order valence-electron chi connectivity index (χ4n) is 7.53. The van der Waals surface area contributed by atoms with Gasteiger partial charge in [0.2, 0.25) is 0 Å². The topological polar surface area (TPSA) is 141 Å². The SMILES string of the molecule is COc1cc(-c2cn(C)c(=O)c3cnccc23)cc(OC)c1CCN1CCC(OC2CCN(C(=O)c3cccc(-n4ccc(=O)[nH]c4=O)c3)CC2)CC1. The summed E-state index contributed by atoms with van der Waals surface area (Å²) >= 11 is 0. The molecule has 13 heteroatoms. The molecule has 3 aromatic heterocycles. The van der Waals surface area contributed by atoms with Crippen molar-refractivity contribution in [3.8, 4) is 28.3 Å². The van der Waals surface area contributed by atoms with Gasteiger partial charge < -0.3 is 28.6 Å². The maximum absolute atomic E-state index is 13.4. The number of nitrogens with one attached hydrogen (secondary N) is 1. The summed E-state index contributed by atoms with van der Waals surface area (Å²) in [7, 11) is 5.09. The summed E-state index contributed by atoms with van der Waals surface area (Å²) in [5, 5.41) is 1.39. The van der Waals surface area contributed by atoms with E-state index in [9.17, 15) is 19.2 Å². The fourth-order valence-corrected chi connectivity index (χ4v) is 7.53. The predicted octanol–water partition coefficient (Wildman–Crippen LogP) is 3.79. The van der Waals surface area contributed by atoms with E-state index in [1.165, 1.54) is 16.8 Å². The lowest BCUT2D eigenvalue weighted by atomic mass is 9.97. The van der Waals surface area contributed by atoms with E-state index in [1.54, 1.807) is 62.5 Å². The summed E-state index contributed by atoms with van der Waals surface area (Å²) < 4.78 is 21.2. The van der Waals surface area contributed by atoms with Crippen LogP contribution >= 0.6 is 0 Å². The highest BCUT2D eigenvalue weighted by atomic mass is 16.5. The Morgan fingerprint density at radius 2 is 1.58 bits per heavy atom. The fraction of sp³-hybridized carbons (Fsp3) is 0.375. The van der Waals surface area contributed by atoms with Crippen LogP contribution in [0.3, 0.4) is 0 Å². The third-order valence-electron chi connectivity index (χ3n) is 10.4. The number of pyridine rings is 2. The molecule has 0 saturated carbocycles. The van der Waals surface area contributed by atoms with Crippen LogP contribution in [0.2, 0.25) is 0 Å². The summed E-state index contributed by atoms with van der Waals surface area (Å²) in [6.45, 7) is 3.91. The van der Waals surface area contributed by atoms with E-state index in [1.807, 2.05) is 29.3 Å². The Morgan fingerprint density at radius 1 is 0.887 bits per heavy atom. The van der Waals surface area contributed by atoms with Crippen LogP contribution < -0.4 is 26.3 Å². The van der Waals surface area contributed by atoms with Crippen LogP contribution in [0, 0.1) is 0 Å². The second-order valence-electron chi connectivity index (χ2n) is 13.7. The quantitative estimate of drug-likeness (QED) is 0.228. The molecule has 5 heterocycles. The van der Waals surface area contributed by atoms with Crippen LogP contribution in [0.1, 0.15) is 41.6 Å². The number of aromatic amines is 1. The van der Waals surface area contributed by atoms with Gasteiger partial charge in [0.25, 0.3) is 17.0 Å². The van der Waals surface area contributed by atoms with Gasteiger partial charge >= 0.3 is 5.69 Å². The van der Waals surface area contributed by atoms with Crippen LogP contribution in [-0.2, 0) is 18.2 Å². The van der Waals surface area contributed by atoms with Crippen LogP contribution in [0.5, 0.6) is 11.5 Å². The van der Waals surface area contributed by atoms with E-state index in [0.29, 0.717) is 29.7 Å². The Balaban J connectivity index is 0.916. The lowest BCUT2D eigenvalue weighted by Gasteiger charge is -2.37. The predicted molar refractivity (Wildman–Crippen MR) is 201 cm³/mol. The minimum absolute atomic E-state index is 0.0861. The molecule has 7 rings (SSSR count). The number of aryl methyl sites for hydroxylation is 1. The van der Waals surface area contributed by atoms with Crippen molar-refractivity contribution in [3.63, 3.8) is 0 Å². The molecule has 2 aliphatic heterocycles. The smallest absolute Gasteiger partial charge is 0.332 e. The first kappa shape index (κ1) is 35.9. The number of methoxy groups -OCH3 is 2. The number of aromatic nitrogens is 4. The number of piperidine rings is 2. The molecule has 0 bridgehead atoms. The molecule has 0 radical (unpaired) electrons. The Kier molecular flexibility index (Phi) is 10.6. The molecule has 0 spiro atoms. The molecule has 53 heavy (non-hydrogen) atoms. The van der Waals surface area contributed by atoms with E-state index < -0.39 is 11.2 Å². The molecular formula is C40H44N6O7. The monoisotopic (exact) mass is 720 g/mol. The minimum Gasteiger partial charge on any atom is -0.496 e. The first-order chi connectivity index (χ1) is 25.7. The number of ether oxygens (including phenoxy) is 3. The van der Waals surface area contributed by atoms with Crippen LogP contribution in [0.15, 0.2) is 87.7 Å². The van der Waals surface area contributed by atoms with Gasteiger partial charge in [-0.2, -0.15) is 0 Å². The van der Waals surface area contributed by atoms with Crippen molar-refractivity contribution < 1.29 is 19.0 Å². The number of likely N-dealkylation sites (tertiary alicyclic amines) is 2. The standard InChI is InChI=1S/C40H44N6O7/c1-43-25-34(31-7-14-41-24-33(31)39(43)49)27-22-35(51-2)32(36(23-27)52-3)12-17-44-15-8-29(9-16-44)53-30-10-18-45(19-11-30)38(48)26-5-4-6-28(21-26)46-20-13-37(47)42-40(46)50/h4-7,13-14,20-25,29-30H,8-12,15-19H2,1-3H3,(H,42,47,50). The molecule has 5 aromatic rings. The molecule has 13 nitrogen and oxygen atoms in total. The first-order valence-corrected chi connectivity index (χ1v) is 18.0. The summed E-state index contributed by atoms with van der Waals surface area (Å²) in [4.78, 5) is 60.5. The summed E-state index contributed by atoms with van der Waals surface area (Å²) in [6.07, 6.45) is 11.0. The molecule has 0 unspecified atom stereocenters. The van der Waals surface area contributed by atoms with Crippen molar-refractivity contribution in [1.29, 1.82) is 0 Å². The molecule has 276 valence electrons. The van der Waals surface area contributed by atoms with Gasteiger partial charge in [0.05, 0.1) is 37.5 Å². The highest BCUT2D eigenvalue weighted by molar-refractivity contribution is 5.96. The Hall–Kier alpha value is -5.53. The van der Waals surface area contributed by atoms with E-state index in [4.69, 9.17) is 14.2 Å². The number of carbonyl (C=O) groups excluding carboxylic acids is 1. The van der Waals surface area contributed by atoms with Crippen molar-refractivity contribution in [1.82, 2.24) is 28.9 Å². The van der Waals surface area contributed by atoms with Gasteiger partial charge in [-0.3, -0.25) is 28.9 Å².